The molecule has 0 heterocycles. The number of ether oxygens (including phenoxy) is 1. The van der Waals surface area contributed by atoms with Gasteiger partial charge in [0.25, 0.3) is 0 Å². The van der Waals surface area contributed by atoms with Crippen molar-refractivity contribution in [3.8, 4) is 0 Å². The minimum atomic E-state index is -0.978. The van der Waals surface area contributed by atoms with Crippen LogP contribution in [-0.4, -0.2) is 18.2 Å². The Balaban J connectivity index is 2.40. The molecule has 0 spiro atoms. The van der Waals surface area contributed by atoms with E-state index >= 15 is 0 Å². The SMILES string of the molecule is C=C(C)C(=O)OC1CCCC1F. The van der Waals surface area contributed by atoms with Gasteiger partial charge in [-0.2, -0.15) is 0 Å². The Morgan fingerprint density at radius 2 is 2.25 bits per heavy atom. The van der Waals surface area contributed by atoms with Crippen LogP contribution in [0.15, 0.2) is 12.2 Å². The standard InChI is InChI=1S/C9H13FO2/c1-6(2)9(11)12-8-5-3-4-7(8)10/h7-8H,1,3-5H2,2H3. The highest BCUT2D eigenvalue weighted by atomic mass is 19.1. The van der Waals surface area contributed by atoms with Gasteiger partial charge in [-0.3, -0.25) is 0 Å². The second-order valence-electron chi connectivity index (χ2n) is 3.17. The molecule has 12 heavy (non-hydrogen) atoms. The Hall–Kier alpha value is -0.860. The minimum Gasteiger partial charge on any atom is -0.456 e. The fourth-order valence-corrected chi connectivity index (χ4v) is 1.25. The summed E-state index contributed by atoms with van der Waals surface area (Å²) in [5, 5.41) is 0. The van der Waals surface area contributed by atoms with Crippen LogP contribution in [0.25, 0.3) is 0 Å². The van der Waals surface area contributed by atoms with Crippen molar-refractivity contribution in [1.29, 1.82) is 0 Å². The van der Waals surface area contributed by atoms with Crippen molar-refractivity contribution >= 4 is 5.97 Å². The molecular formula is C9H13FO2. The lowest BCUT2D eigenvalue weighted by atomic mass is 10.3. The molecule has 2 atom stereocenters. The Kier molecular flexibility index (Phi) is 2.84. The lowest BCUT2D eigenvalue weighted by molar-refractivity contribution is -0.146. The fourth-order valence-electron chi connectivity index (χ4n) is 1.25. The minimum absolute atomic E-state index is 0.328. The lowest BCUT2D eigenvalue weighted by Gasteiger charge is -2.13. The first-order valence-electron chi connectivity index (χ1n) is 4.12. The largest absolute Gasteiger partial charge is 0.456 e. The quantitative estimate of drug-likeness (QED) is 0.470. The van der Waals surface area contributed by atoms with Crippen molar-refractivity contribution < 1.29 is 13.9 Å². The molecule has 2 nitrogen and oxygen atoms in total. The topological polar surface area (TPSA) is 26.3 Å². The van der Waals surface area contributed by atoms with E-state index < -0.39 is 18.2 Å². The number of halogens is 1. The highest BCUT2D eigenvalue weighted by Crippen LogP contribution is 2.25. The van der Waals surface area contributed by atoms with Gasteiger partial charge in [0.2, 0.25) is 0 Å². The molecule has 0 aromatic heterocycles. The summed E-state index contributed by atoms with van der Waals surface area (Å²) >= 11 is 0. The van der Waals surface area contributed by atoms with E-state index in [2.05, 4.69) is 6.58 Å². The van der Waals surface area contributed by atoms with Gasteiger partial charge >= 0.3 is 5.97 Å². The van der Waals surface area contributed by atoms with Crippen LogP contribution in [0.1, 0.15) is 26.2 Å². The monoisotopic (exact) mass is 172 g/mol. The second kappa shape index (κ2) is 3.70. The summed E-state index contributed by atoms with van der Waals surface area (Å²) in [7, 11) is 0. The van der Waals surface area contributed by atoms with Crippen LogP contribution in [0.2, 0.25) is 0 Å². The average Bonchev–Trinajstić information content (AvgIpc) is 2.36. The Morgan fingerprint density at radius 1 is 1.58 bits per heavy atom. The smallest absolute Gasteiger partial charge is 0.333 e. The summed E-state index contributed by atoms with van der Waals surface area (Å²) < 4.78 is 17.8. The number of alkyl halides is 1. The van der Waals surface area contributed by atoms with Gasteiger partial charge in [-0.15, -0.1) is 0 Å². The van der Waals surface area contributed by atoms with Crippen LogP contribution in [0.4, 0.5) is 4.39 Å². The number of rotatable bonds is 2. The number of carbonyl (C=O) groups excluding carboxylic acids is 1. The van der Waals surface area contributed by atoms with E-state index in [1.807, 2.05) is 0 Å². The van der Waals surface area contributed by atoms with E-state index in [9.17, 15) is 9.18 Å². The van der Waals surface area contributed by atoms with Crippen LogP contribution in [-0.2, 0) is 9.53 Å². The first-order chi connectivity index (χ1) is 5.61. The van der Waals surface area contributed by atoms with Gasteiger partial charge in [0.15, 0.2) is 0 Å². The molecular weight excluding hydrogens is 159 g/mol. The van der Waals surface area contributed by atoms with Gasteiger partial charge in [0.1, 0.15) is 12.3 Å². The molecule has 0 bridgehead atoms. The predicted molar refractivity (Wildman–Crippen MR) is 43.4 cm³/mol. The van der Waals surface area contributed by atoms with Crippen molar-refractivity contribution in [3.63, 3.8) is 0 Å². The van der Waals surface area contributed by atoms with E-state index in [4.69, 9.17) is 4.74 Å². The van der Waals surface area contributed by atoms with Gasteiger partial charge in [0, 0.05) is 5.57 Å². The molecule has 1 saturated carbocycles. The third-order valence-corrected chi connectivity index (χ3v) is 1.98. The zero-order valence-electron chi connectivity index (χ0n) is 7.18. The zero-order valence-corrected chi connectivity index (χ0v) is 7.18. The average molecular weight is 172 g/mol. The second-order valence-corrected chi connectivity index (χ2v) is 3.17. The Labute approximate surface area is 71.4 Å². The van der Waals surface area contributed by atoms with Crippen LogP contribution < -0.4 is 0 Å². The van der Waals surface area contributed by atoms with E-state index in [0.29, 0.717) is 18.4 Å². The first-order valence-corrected chi connectivity index (χ1v) is 4.12. The van der Waals surface area contributed by atoms with Gasteiger partial charge in [0.05, 0.1) is 0 Å². The summed E-state index contributed by atoms with van der Waals surface area (Å²) in [6.07, 6.45) is 0.436. The number of esters is 1. The van der Waals surface area contributed by atoms with E-state index in [-0.39, 0.29) is 0 Å². The zero-order chi connectivity index (χ0) is 9.14. The molecule has 0 radical (unpaired) electrons. The van der Waals surface area contributed by atoms with E-state index in [1.54, 1.807) is 6.92 Å². The van der Waals surface area contributed by atoms with Gasteiger partial charge in [-0.05, 0) is 26.2 Å². The van der Waals surface area contributed by atoms with E-state index in [1.165, 1.54) is 0 Å². The van der Waals surface area contributed by atoms with Crippen LogP contribution >= 0.6 is 0 Å². The Morgan fingerprint density at radius 3 is 2.67 bits per heavy atom. The maximum atomic E-state index is 12.9. The summed E-state index contributed by atoms with van der Waals surface area (Å²) in [6.45, 7) is 4.99. The maximum Gasteiger partial charge on any atom is 0.333 e. The molecule has 68 valence electrons. The normalized spacial score (nSPS) is 28.5. The lowest BCUT2D eigenvalue weighted by Crippen LogP contribution is -2.23. The number of carbonyl (C=O) groups is 1. The predicted octanol–water partition coefficient (Wildman–Crippen LogP) is 2.00. The third-order valence-electron chi connectivity index (χ3n) is 1.98. The van der Waals surface area contributed by atoms with Crippen molar-refractivity contribution in [1.82, 2.24) is 0 Å². The van der Waals surface area contributed by atoms with Crippen LogP contribution in [0.3, 0.4) is 0 Å². The van der Waals surface area contributed by atoms with Gasteiger partial charge < -0.3 is 4.74 Å². The molecule has 0 amide bonds. The number of hydrogen-bond donors (Lipinski definition) is 0. The Bertz CT molecular complexity index is 201. The van der Waals surface area contributed by atoms with Crippen LogP contribution in [0, 0.1) is 0 Å². The fraction of sp³-hybridized carbons (Fsp3) is 0.667. The molecule has 0 N–H and O–H groups in total. The summed E-state index contributed by atoms with van der Waals surface area (Å²) in [6, 6.07) is 0. The van der Waals surface area contributed by atoms with Crippen molar-refractivity contribution in [2.45, 2.75) is 38.5 Å². The highest BCUT2D eigenvalue weighted by Gasteiger charge is 2.30. The van der Waals surface area contributed by atoms with Crippen LogP contribution in [0.5, 0.6) is 0 Å². The molecule has 3 heteroatoms. The molecule has 1 aliphatic carbocycles. The first kappa shape index (κ1) is 9.23. The van der Waals surface area contributed by atoms with Crippen molar-refractivity contribution in [3.05, 3.63) is 12.2 Å². The van der Waals surface area contributed by atoms with Gasteiger partial charge in [-0.1, -0.05) is 6.58 Å². The molecule has 2 unspecified atom stereocenters. The van der Waals surface area contributed by atoms with Crippen molar-refractivity contribution in [2.24, 2.45) is 0 Å². The molecule has 1 aliphatic rings. The summed E-state index contributed by atoms with van der Waals surface area (Å²) in [5.74, 6) is -0.482. The number of hydrogen-bond acceptors (Lipinski definition) is 2. The summed E-state index contributed by atoms with van der Waals surface area (Å²) in [5.41, 5.74) is 0.328. The maximum absolute atomic E-state index is 12.9. The molecule has 0 aromatic rings. The van der Waals surface area contributed by atoms with E-state index in [0.717, 1.165) is 6.42 Å². The molecule has 0 aliphatic heterocycles. The summed E-state index contributed by atoms with van der Waals surface area (Å²) in [4.78, 5) is 11.0. The van der Waals surface area contributed by atoms with Gasteiger partial charge in [-0.25, -0.2) is 9.18 Å². The molecule has 1 fully saturated rings. The molecule has 1 rings (SSSR count). The highest BCUT2D eigenvalue weighted by molar-refractivity contribution is 5.87. The third kappa shape index (κ3) is 2.06. The molecule has 0 saturated heterocycles. The molecule has 0 aromatic carbocycles. The van der Waals surface area contributed by atoms with Crippen molar-refractivity contribution in [2.75, 3.05) is 0 Å².